The molecule has 9 heteroatoms. The van der Waals surface area contributed by atoms with Crippen molar-refractivity contribution in [2.75, 3.05) is 44.2 Å². The maximum atomic E-state index is 12.8. The van der Waals surface area contributed by atoms with Crippen LogP contribution in [0.25, 0.3) is 21.0 Å². The van der Waals surface area contributed by atoms with Crippen LogP contribution in [0, 0.1) is 0 Å². The van der Waals surface area contributed by atoms with E-state index in [1.54, 1.807) is 48.6 Å². The summed E-state index contributed by atoms with van der Waals surface area (Å²) in [6.07, 6.45) is 0.226. The third-order valence-electron chi connectivity index (χ3n) is 7.80. The Morgan fingerprint density at radius 2 is 1.70 bits per heavy atom. The molecule has 5 aromatic rings. The number of aromatic nitrogens is 1. The van der Waals surface area contributed by atoms with Crippen molar-refractivity contribution in [1.82, 2.24) is 9.47 Å². The number of thiophene rings is 1. The molecule has 1 saturated heterocycles. The average Bonchev–Trinajstić information content (AvgIpc) is 3.51. The van der Waals surface area contributed by atoms with Crippen LogP contribution in [-0.2, 0) is 4.74 Å². The van der Waals surface area contributed by atoms with E-state index in [0.29, 0.717) is 23.6 Å². The molecule has 3 heterocycles. The van der Waals surface area contributed by atoms with Gasteiger partial charge in [0, 0.05) is 54.1 Å². The number of ether oxygens (including phenoxy) is 3. The zero-order valence-corrected chi connectivity index (χ0v) is 25.0. The Morgan fingerprint density at radius 1 is 0.884 bits per heavy atom. The highest BCUT2D eigenvalue weighted by molar-refractivity contribution is 7.17. The number of benzene rings is 3. The number of para-hydroxylation sites is 1. The van der Waals surface area contributed by atoms with Gasteiger partial charge >= 0.3 is 6.16 Å². The summed E-state index contributed by atoms with van der Waals surface area (Å²) in [4.78, 5) is 30.2. The molecular formula is C34H35N3O5S. The van der Waals surface area contributed by atoms with Crippen LogP contribution in [0.4, 0.5) is 10.5 Å². The Balaban J connectivity index is 0.991. The highest BCUT2D eigenvalue weighted by Crippen LogP contribution is 2.31. The van der Waals surface area contributed by atoms with Gasteiger partial charge in [0.05, 0.1) is 12.1 Å². The molecule has 8 nitrogen and oxygen atoms in total. The van der Waals surface area contributed by atoms with Gasteiger partial charge in [-0.25, -0.2) is 4.79 Å². The molecule has 1 aliphatic heterocycles. The molecule has 2 aromatic heterocycles. The molecule has 1 fully saturated rings. The van der Waals surface area contributed by atoms with Gasteiger partial charge in [0.2, 0.25) is 0 Å². The zero-order valence-electron chi connectivity index (χ0n) is 24.2. The number of hydrogen-bond acceptors (Lipinski definition) is 8. The Hall–Kier alpha value is -4.34. The predicted molar refractivity (Wildman–Crippen MR) is 172 cm³/mol. The van der Waals surface area contributed by atoms with Crippen LogP contribution in [0.3, 0.4) is 0 Å². The Bertz CT molecular complexity index is 1740. The molecule has 0 radical (unpaired) electrons. The minimum atomic E-state index is -0.878. The normalized spacial score (nSPS) is 14.6. The third-order valence-corrected chi connectivity index (χ3v) is 8.68. The topological polar surface area (TPSA) is 73.2 Å². The number of pyridine rings is 1. The van der Waals surface area contributed by atoms with Gasteiger partial charge in [-0.05, 0) is 85.6 Å². The van der Waals surface area contributed by atoms with Crippen LogP contribution in [-0.4, -0.2) is 55.0 Å². The molecule has 6 rings (SSSR count). The molecule has 1 unspecified atom stereocenters. The first-order chi connectivity index (χ1) is 21.0. The van der Waals surface area contributed by atoms with E-state index in [1.165, 1.54) is 26.4 Å². The fraction of sp³-hybridized carbons (Fsp3) is 0.294. The van der Waals surface area contributed by atoms with Crippen molar-refractivity contribution in [2.45, 2.75) is 26.0 Å². The van der Waals surface area contributed by atoms with Gasteiger partial charge in [0.1, 0.15) is 11.5 Å². The number of unbranched alkanes of at least 4 members (excludes halogenated alkanes) is 1. The molecule has 0 spiro atoms. The predicted octanol–water partition coefficient (Wildman–Crippen LogP) is 6.93. The standard InChI is InChI=1S/C34H35N3O5S/c1-25(41-34(39)42-27-8-3-2-4-9-27)37-31-24-28(14-12-26(31)13-15-33(37)38)40-22-6-5-17-35-18-20-36(21-19-35)30-10-7-11-32-29(30)16-23-43-32/h2-4,7-16,23-25H,5-6,17-22H2,1H3. The summed E-state index contributed by atoms with van der Waals surface area (Å²) in [5.41, 5.74) is 1.69. The highest BCUT2D eigenvalue weighted by atomic mass is 32.1. The van der Waals surface area contributed by atoms with Crippen molar-refractivity contribution in [3.63, 3.8) is 0 Å². The van der Waals surface area contributed by atoms with E-state index in [9.17, 15) is 9.59 Å². The second-order valence-electron chi connectivity index (χ2n) is 10.6. The quantitative estimate of drug-likeness (QED) is 0.0982. The van der Waals surface area contributed by atoms with E-state index >= 15 is 0 Å². The summed E-state index contributed by atoms with van der Waals surface area (Å²) in [7, 11) is 0. The number of fused-ring (bicyclic) bond motifs is 2. The second kappa shape index (κ2) is 13.3. The van der Waals surface area contributed by atoms with Gasteiger partial charge in [-0.1, -0.05) is 24.3 Å². The van der Waals surface area contributed by atoms with Crippen LogP contribution in [0.15, 0.2) is 95.1 Å². The second-order valence-corrected chi connectivity index (χ2v) is 11.6. The van der Waals surface area contributed by atoms with E-state index in [0.717, 1.165) is 51.0 Å². The molecule has 0 aliphatic carbocycles. The fourth-order valence-corrected chi connectivity index (χ4v) is 6.40. The van der Waals surface area contributed by atoms with Crippen molar-refractivity contribution in [1.29, 1.82) is 0 Å². The molecule has 1 aliphatic rings. The first kappa shape index (κ1) is 28.8. The van der Waals surface area contributed by atoms with Gasteiger partial charge in [0.15, 0.2) is 6.23 Å². The number of piperazine rings is 1. The highest BCUT2D eigenvalue weighted by Gasteiger charge is 2.19. The van der Waals surface area contributed by atoms with E-state index in [1.807, 2.05) is 24.3 Å². The minimum Gasteiger partial charge on any atom is -0.494 e. The molecule has 222 valence electrons. The molecule has 0 amide bonds. The summed E-state index contributed by atoms with van der Waals surface area (Å²) in [5.74, 6) is 1.04. The summed E-state index contributed by atoms with van der Waals surface area (Å²) in [5, 5.41) is 4.37. The van der Waals surface area contributed by atoms with Crippen LogP contribution in [0.5, 0.6) is 11.5 Å². The Kier molecular flexibility index (Phi) is 8.91. The lowest BCUT2D eigenvalue weighted by atomic mass is 10.2. The monoisotopic (exact) mass is 597 g/mol. The van der Waals surface area contributed by atoms with Gasteiger partial charge in [-0.2, -0.15) is 0 Å². The lowest BCUT2D eigenvalue weighted by Crippen LogP contribution is -2.46. The smallest absolute Gasteiger partial charge is 0.494 e. The Morgan fingerprint density at radius 3 is 2.53 bits per heavy atom. The van der Waals surface area contributed by atoms with Crippen molar-refractivity contribution >= 4 is 44.2 Å². The van der Waals surface area contributed by atoms with Gasteiger partial charge in [0.25, 0.3) is 5.56 Å². The Labute approximate surface area is 254 Å². The van der Waals surface area contributed by atoms with Gasteiger partial charge in [-0.3, -0.25) is 14.3 Å². The van der Waals surface area contributed by atoms with Crippen LogP contribution >= 0.6 is 11.3 Å². The lowest BCUT2D eigenvalue weighted by molar-refractivity contribution is 0.0345. The minimum absolute atomic E-state index is 0.281. The molecule has 0 N–H and O–H groups in total. The van der Waals surface area contributed by atoms with E-state index in [4.69, 9.17) is 14.2 Å². The van der Waals surface area contributed by atoms with E-state index < -0.39 is 12.4 Å². The van der Waals surface area contributed by atoms with Crippen LogP contribution in [0.1, 0.15) is 26.0 Å². The number of hydrogen-bond donors (Lipinski definition) is 0. The molecule has 43 heavy (non-hydrogen) atoms. The molecule has 3 aromatic carbocycles. The number of carbonyl (C=O) groups is 1. The summed E-state index contributed by atoms with van der Waals surface area (Å²) in [6.45, 7) is 7.46. The number of rotatable bonds is 10. The zero-order chi connectivity index (χ0) is 29.6. The fourth-order valence-electron chi connectivity index (χ4n) is 5.59. The van der Waals surface area contributed by atoms with Crippen LogP contribution in [0.2, 0.25) is 0 Å². The first-order valence-electron chi connectivity index (χ1n) is 14.7. The molecule has 1 atom stereocenters. The molecule has 0 bridgehead atoms. The van der Waals surface area contributed by atoms with Crippen LogP contribution < -0.4 is 19.9 Å². The summed E-state index contributed by atoms with van der Waals surface area (Å²) < 4.78 is 19.5. The van der Waals surface area contributed by atoms with Crippen molar-refractivity contribution in [2.24, 2.45) is 0 Å². The summed E-state index contributed by atoms with van der Waals surface area (Å²) in [6, 6.07) is 26.3. The van der Waals surface area contributed by atoms with Crippen molar-refractivity contribution < 1.29 is 19.0 Å². The largest absolute Gasteiger partial charge is 0.515 e. The van der Waals surface area contributed by atoms with E-state index in [-0.39, 0.29) is 5.56 Å². The lowest BCUT2D eigenvalue weighted by Gasteiger charge is -2.36. The number of nitrogens with zero attached hydrogens (tertiary/aromatic N) is 3. The first-order valence-corrected chi connectivity index (χ1v) is 15.6. The maximum absolute atomic E-state index is 12.8. The van der Waals surface area contributed by atoms with Crippen molar-refractivity contribution in [3.8, 4) is 11.5 Å². The van der Waals surface area contributed by atoms with E-state index in [2.05, 4.69) is 39.4 Å². The number of carbonyl (C=O) groups excluding carboxylic acids is 1. The van der Waals surface area contributed by atoms with Gasteiger partial charge in [-0.15, -0.1) is 11.3 Å². The SMILES string of the molecule is CC(OC(=O)Oc1ccccc1)n1c(=O)ccc2ccc(OCCCCN3CCN(c4cccc5sccc45)CC3)cc21. The number of anilines is 1. The molecule has 0 saturated carbocycles. The maximum Gasteiger partial charge on any atom is 0.515 e. The summed E-state index contributed by atoms with van der Waals surface area (Å²) >= 11 is 1.80. The van der Waals surface area contributed by atoms with Gasteiger partial charge < -0.3 is 19.1 Å². The van der Waals surface area contributed by atoms with Crippen molar-refractivity contribution in [3.05, 3.63) is 101 Å². The molecular weight excluding hydrogens is 562 g/mol. The average molecular weight is 598 g/mol. The third kappa shape index (κ3) is 6.84.